The number of thiazole rings is 1. The Balaban J connectivity index is 2.07. The number of aryl methyl sites for hydroxylation is 2. The lowest BCUT2D eigenvalue weighted by atomic mass is 10.2. The monoisotopic (exact) mass is 349 g/mol. The minimum atomic E-state index is -4.00. The van der Waals surface area contributed by atoms with Crippen molar-refractivity contribution in [3.05, 3.63) is 57.5 Å². The molecule has 1 aromatic carbocycles. The lowest BCUT2D eigenvalue weighted by molar-refractivity contribution is 0.598. The standard InChI is InChI=1S/C15H15N3O3S2/c1-3-11-4-6-12(7-5-11)17-23(20,21)13-10(2)16-15-18(14(13)19)8-9-22-15/h4-9,17H,3H2,1-2H3. The summed E-state index contributed by atoms with van der Waals surface area (Å²) >= 11 is 1.28. The van der Waals surface area contributed by atoms with E-state index in [4.69, 9.17) is 0 Å². The van der Waals surface area contributed by atoms with Crippen molar-refractivity contribution in [1.82, 2.24) is 9.38 Å². The van der Waals surface area contributed by atoms with Crippen LogP contribution in [0.3, 0.4) is 0 Å². The third-order valence-electron chi connectivity index (χ3n) is 3.48. The average Bonchev–Trinajstić information content (AvgIpc) is 2.96. The van der Waals surface area contributed by atoms with Crippen molar-refractivity contribution in [3.8, 4) is 0 Å². The van der Waals surface area contributed by atoms with Gasteiger partial charge in [0.1, 0.15) is 0 Å². The topological polar surface area (TPSA) is 80.5 Å². The molecule has 0 saturated heterocycles. The number of sulfonamides is 1. The van der Waals surface area contributed by atoms with Gasteiger partial charge in [-0.2, -0.15) is 0 Å². The van der Waals surface area contributed by atoms with Crippen molar-refractivity contribution >= 4 is 32.0 Å². The summed E-state index contributed by atoms with van der Waals surface area (Å²) in [7, 11) is -4.00. The molecule has 2 heterocycles. The number of benzene rings is 1. The number of fused-ring (bicyclic) bond motifs is 1. The molecular formula is C15H15N3O3S2. The summed E-state index contributed by atoms with van der Waals surface area (Å²) in [5.74, 6) is 0. The van der Waals surface area contributed by atoms with E-state index in [9.17, 15) is 13.2 Å². The second-order valence-corrected chi connectivity index (χ2v) is 7.54. The van der Waals surface area contributed by atoms with E-state index >= 15 is 0 Å². The molecule has 0 bridgehead atoms. The zero-order valence-electron chi connectivity index (χ0n) is 12.6. The fourth-order valence-corrected chi connectivity index (χ4v) is 4.35. The molecule has 0 atom stereocenters. The predicted molar refractivity (Wildman–Crippen MR) is 90.7 cm³/mol. The molecule has 0 saturated carbocycles. The molecule has 6 nitrogen and oxygen atoms in total. The number of nitrogens with one attached hydrogen (secondary N) is 1. The van der Waals surface area contributed by atoms with E-state index in [-0.39, 0.29) is 10.6 Å². The molecule has 0 fully saturated rings. The fourth-order valence-electron chi connectivity index (χ4n) is 2.29. The van der Waals surface area contributed by atoms with Crippen LogP contribution in [-0.2, 0) is 16.4 Å². The Bertz CT molecular complexity index is 1020. The molecule has 3 aromatic rings. The molecule has 8 heteroatoms. The summed E-state index contributed by atoms with van der Waals surface area (Å²) in [4.78, 5) is 16.8. The highest BCUT2D eigenvalue weighted by Gasteiger charge is 2.24. The average molecular weight is 349 g/mol. The molecule has 23 heavy (non-hydrogen) atoms. The Morgan fingerprint density at radius 2 is 1.96 bits per heavy atom. The SMILES string of the molecule is CCc1ccc(NS(=O)(=O)c2c(C)nc3sccn3c2=O)cc1. The van der Waals surface area contributed by atoms with Crippen LogP contribution in [0.4, 0.5) is 5.69 Å². The van der Waals surface area contributed by atoms with Crippen LogP contribution in [0.25, 0.3) is 4.96 Å². The summed E-state index contributed by atoms with van der Waals surface area (Å²) in [5.41, 5.74) is 1.11. The van der Waals surface area contributed by atoms with Gasteiger partial charge in [-0.3, -0.25) is 13.9 Å². The normalized spacial score (nSPS) is 11.7. The smallest absolute Gasteiger partial charge is 0.279 e. The van der Waals surface area contributed by atoms with Crippen LogP contribution in [0.15, 0.2) is 45.5 Å². The van der Waals surface area contributed by atoms with Gasteiger partial charge < -0.3 is 0 Å². The Hall–Kier alpha value is -2.19. The second-order valence-electron chi connectivity index (χ2n) is 5.04. The number of nitrogens with zero attached hydrogens (tertiary/aromatic N) is 2. The molecule has 0 unspecified atom stereocenters. The van der Waals surface area contributed by atoms with Gasteiger partial charge in [-0.05, 0) is 31.0 Å². The third-order valence-corrected chi connectivity index (χ3v) is 5.75. The van der Waals surface area contributed by atoms with E-state index in [1.807, 2.05) is 19.1 Å². The van der Waals surface area contributed by atoms with Gasteiger partial charge in [0.25, 0.3) is 15.6 Å². The number of anilines is 1. The predicted octanol–water partition coefficient (Wildman–Crippen LogP) is 2.43. The van der Waals surface area contributed by atoms with Crippen molar-refractivity contribution in [2.75, 3.05) is 4.72 Å². The van der Waals surface area contributed by atoms with E-state index in [1.54, 1.807) is 17.5 Å². The maximum absolute atomic E-state index is 12.6. The van der Waals surface area contributed by atoms with Crippen LogP contribution in [0.5, 0.6) is 0 Å². The quantitative estimate of drug-likeness (QED) is 0.784. The number of rotatable bonds is 4. The van der Waals surface area contributed by atoms with Crippen molar-refractivity contribution in [2.24, 2.45) is 0 Å². The first-order valence-corrected chi connectivity index (χ1v) is 9.37. The van der Waals surface area contributed by atoms with Gasteiger partial charge in [-0.15, -0.1) is 11.3 Å². The van der Waals surface area contributed by atoms with Crippen LogP contribution < -0.4 is 10.3 Å². The zero-order chi connectivity index (χ0) is 16.6. The van der Waals surface area contributed by atoms with E-state index in [0.29, 0.717) is 10.6 Å². The van der Waals surface area contributed by atoms with Crippen LogP contribution in [0, 0.1) is 6.92 Å². The Labute approximate surface area is 137 Å². The third kappa shape index (κ3) is 2.87. The molecule has 0 spiro atoms. The first kappa shape index (κ1) is 15.7. The van der Waals surface area contributed by atoms with E-state index in [2.05, 4.69) is 9.71 Å². The fraction of sp³-hybridized carbons (Fsp3) is 0.200. The number of hydrogen-bond donors (Lipinski definition) is 1. The van der Waals surface area contributed by atoms with Gasteiger partial charge in [0.2, 0.25) is 0 Å². The Morgan fingerprint density at radius 1 is 1.26 bits per heavy atom. The van der Waals surface area contributed by atoms with Crippen molar-refractivity contribution < 1.29 is 8.42 Å². The maximum Gasteiger partial charge on any atom is 0.279 e. The van der Waals surface area contributed by atoms with Crippen LogP contribution in [0.1, 0.15) is 18.2 Å². The van der Waals surface area contributed by atoms with Gasteiger partial charge in [-0.1, -0.05) is 19.1 Å². The van der Waals surface area contributed by atoms with Crippen molar-refractivity contribution in [2.45, 2.75) is 25.2 Å². The molecule has 120 valence electrons. The molecule has 0 aliphatic rings. The maximum atomic E-state index is 12.6. The summed E-state index contributed by atoms with van der Waals surface area (Å²) in [5, 5.41) is 1.69. The molecule has 0 radical (unpaired) electrons. The molecule has 0 amide bonds. The minimum absolute atomic E-state index is 0.190. The molecule has 0 aliphatic heterocycles. The van der Waals surface area contributed by atoms with E-state index in [0.717, 1.165) is 12.0 Å². The van der Waals surface area contributed by atoms with Crippen molar-refractivity contribution in [3.63, 3.8) is 0 Å². The summed E-state index contributed by atoms with van der Waals surface area (Å²) in [6, 6.07) is 7.05. The highest BCUT2D eigenvalue weighted by Crippen LogP contribution is 2.18. The molecule has 3 rings (SSSR count). The zero-order valence-corrected chi connectivity index (χ0v) is 14.2. The van der Waals surface area contributed by atoms with Crippen molar-refractivity contribution in [1.29, 1.82) is 0 Å². The minimum Gasteiger partial charge on any atom is -0.279 e. The van der Waals surface area contributed by atoms with Crippen LogP contribution >= 0.6 is 11.3 Å². The van der Waals surface area contributed by atoms with Crippen LogP contribution in [0.2, 0.25) is 0 Å². The second kappa shape index (κ2) is 5.78. The molecule has 0 aliphatic carbocycles. The highest BCUT2D eigenvalue weighted by molar-refractivity contribution is 7.92. The van der Waals surface area contributed by atoms with Gasteiger partial charge in [-0.25, -0.2) is 13.4 Å². The lowest BCUT2D eigenvalue weighted by Gasteiger charge is -2.10. The molecule has 1 N–H and O–H groups in total. The lowest BCUT2D eigenvalue weighted by Crippen LogP contribution is -2.27. The summed E-state index contributed by atoms with van der Waals surface area (Å²) < 4.78 is 28.9. The van der Waals surface area contributed by atoms with E-state index < -0.39 is 15.6 Å². The summed E-state index contributed by atoms with van der Waals surface area (Å²) in [6.45, 7) is 3.54. The highest BCUT2D eigenvalue weighted by atomic mass is 32.2. The largest absolute Gasteiger partial charge is 0.279 e. The van der Waals surface area contributed by atoms with Gasteiger partial charge >= 0.3 is 0 Å². The van der Waals surface area contributed by atoms with Gasteiger partial charge in [0.05, 0.1) is 5.69 Å². The van der Waals surface area contributed by atoms with Gasteiger partial charge in [0.15, 0.2) is 9.86 Å². The van der Waals surface area contributed by atoms with Crippen LogP contribution in [-0.4, -0.2) is 17.8 Å². The first-order chi connectivity index (χ1) is 10.9. The first-order valence-electron chi connectivity index (χ1n) is 7.00. The summed E-state index contributed by atoms with van der Waals surface area (Å²) in [6.07, 6.45) is 2.38. The number of hydrogen-bond acceptors (Lipinski definition) is 5. The molecular weight excluding hydrogens is 334 g/mol. The molecule has 2 aromatic heterocycles. The Morgan fingerprint density at radius 3 is 2.61 bits per heavy atom. The van der Waals surface area contributed by atoms with Gasteiger partial charge in [0, 0.05) is 17.3 Å². The Kier molecular flexibility index (Phi) is 3.95. The number of aromatic nitrogens is 2. The van der Waals surface area contributed by atoms with E-state index in [1.165, 1.54) is 28.9 Å².